The number of nitrogens with one attached hydrogen (secondary N) is 1. The number of hydrazine groups is 1. The number of urea groups is 1. The number of fused-ring (bicyclic) bond motifs is 1. The van der Waals surface area contributed by atoms with Crippen LogP contribution < -0.4 is 10.2 Å². The molecule has 2 N–H and O–H groups in total. The van der Waals surface area contributed by atoms with Crippen molar-refractivity contribution < 1.29 is 28.3 Å². The molecule has 43 heavy (non-hydrogen) atoms. The van der Waals surface area contributed by atoms with Gasteiger partial charge in [-0.05, 0) is 34.9 Å². The average molecular weight is 593 g/mol. The molecule has 2 fully saturated rings. The Morgan fingerprint density at radius 1 is 0.977 bits per heavy atom. The summed E-state index contributed by atoms with van der Waals surface area (Å²) >= 11 is 0. The largest absolute Gasteiger partial charge is 0.508 e. The van der Waals surface area contributed by atoms with Crippen LogP contribution in [0.15, 0.2) is 66.7 Å². The second-order valence-corrected chi connectivity index (χ2v) is 10.9. The van der Waals surface area contributed by atoms with E-state index in [0.29, 0.717) is 11.3 Å². The lowest BCUT2D eigenvalue weighted by Gasteiger charge is -2.46. The molecule has 0 spiro atoms. The van der Waals surface area contributed by atoms with Gasteiger partial charge >= 0.3 is 6.03 Å². The van der Waals surface area contributed by atoms with Gasteiger partial charge in [0.1, 0.15) is 18.0 Å². The first-order chi connectivity index (χ1) is 20.5. The zero-order chi connectivity index (χ0) is 30.8. The maximum atomic E-state index is 14.4. The predicted octanol–water partition coefficient (Wildman–Crippen LogP) is 2.92. The molecule has 0 unspecified atom stereocenters. The van der Waals surface area contributed by atoms with E-state index in [1.54, 1.807) is 43.2 Å². The molecule has 5 rings (SSSR count). The van der Waals surface area contributed by atoms with E-state index in [1.165, 1.54) is 26.9 Å². The van der Waals surface area contributed by atoms with Crippen LogP contribution in [0, 0.1) is 11.6 Å². The molecule has 2 saturated heterocycles. The second kappa shape index (κ2) is 12.3. The van der Waals surface area contributed by atoms with Gasteiger partial charge in [-0.3, -0.25) is 14.6 Å². The number of piperazine rings is 1. The van der Waals surface area contributed by atoms with Gasteiger partial charge in [0.05, 0.1) is 13.1 Å². The van der Waals surface area contributed by atoms with Gasteiger partial charge in [0.2, 0.25) is 11.8 Å². The minimum absolute atomic E-state index is 0.0358. The minimum atomic E-state index is -1.03. The first-order valence-electron chi connectivity index (χ1n) is 13.9. The van der Waals surface area contributed by atoms with Gasteiger partial charge in [0.15, 0.2) is 11.6 Å². The van der Waals surface area contributed by atoms with Gasteiger partial charge in [-0.15, -0.1) is 0 Å². The number of amides is 4. The number of benzene rings is 3. The highest BCUT2D eigenvalue weighted by molar-refractivity contribution is 5.92. The number of rotatable bonds is 8. The Labute approximate surface area is 248 Å². The third kappa shape index (κ3) is 6.24. The van der Waals surface area contributed by atoms with Crippen molar-refractivity contribution in [1.82, 2.24) is 25.1 Å². The molecule has 4 amide bonds. The van der Waals surface area contributed by atoms with Crippen molar-refractivity contribution >= 4 is 23.5 Å². The van der Waals surface area contributed by atoms with Crippen LogP contribution in [-0.4, -0.2) is 89.2 Å². The number of anilines is 1. The van der Waals surface area contributed by atoms with Crippen molar-refractivity contribution in [2.24, 2.45) is 0 Å². The molecule has 2 heterocycles. The van der Waals surface area contributed by atoms with E-state index in [1.807, 2.05) is 30.3 Å². The molecule has 226 valence electrons. The maximum absolute atomic E-state index is 14.4. The number of nitrogens with zero attached hydrogens (tertiary/aromatic N) is 5. The molecule has 0 aromatic heterocycles. The fraction of sp³-hybridized carbons (Fsp3) is 0.323. The maximum Gasteiger partial charge on any atom is 0.332 e. The molecule has 12 heteroatoms. The van der Waals surface area contributed by atoms with Crippen LogP contribution in [-0.2, 0) is 29.1 Å². The molecule has 3 aromatic rings. The van der Waals surface area contributed by atoms with Crippen molar-refractivity contribution in [2.45, 2.75) is 31.7 Å². The Morgan fingerprint density at radius 2 is 1.65 bits per heavy atom. The fourth-order valence-corrected chi connectivity index (χ4v) is 5.64. The zero-order valence-corrected chi connectivity index (χ0v) is 24.2. The second-order valence-electron chi connectivity index (χ2n) is 10.9. The van der Waals surface area contributed by atoms with E-state index < -0.39 is 29.9 Å². The molecule has 0 saturated carbocycles. The molecular weight excluding hydrogens is 558 g/mol. The monoisotopic (exact) mass is 592 g/mol. The lowest BCUT2D eigenvalue weighted by atomic mass is 9.99. The van der Waals surface area contributed by atoms with Crippen LogP contribution in [0.4, 0.5) is 19.3 Å². The SMILES string of the molecule is CN(C)c1cc(F)c(F)cc1CN1C[C@H]2N(C(=O)CN2N(C)C(=O)NCc2ccccc2)[C@@H](Cc2ccc(O)cc2)C1=O. The molecular formula is C31H34F2N6O4. The Hall–Kier alpha value is -4.71. The average Bonchev–Trinajstić information content (AvgIpc) is 3.32. The first-order valence-corrected chi connectivity index (χ1v) is 13.9. The molecule has 3 aromatic carbocycles. The molecule has 2 aliphatic rings. The summed E-state index contributed by atoms with van der Waals surface area (Å²) in [7, 11) is 4.96. The van der Waals surface area contributed by atoms with Crippen molar-refractivity contribution in [2.75, 3.05) is 39.1 Å². The van der Waals surface area contributed by atoms with E-state index in [-0.39, 0.29) is 50.2 Å². The van der Waals surface area contributed by atoms with Crippen LogP contribution in [0.1, 0.15) is 16.7 Å². The minimum Gasteiger partial charge on any atom is -0.508 e. The normalized spacial score (nSPS) is 18.5. The Bertz CT molecular complexity index is 1500. The summed E-state index contributed by atoms with van der Waals surface area (Å²) in [6.45, 7) is 0.170. The summed E-state index contributed by atoms with van der Waals surface area (Å²) in [4.78, 5) is 45.3. The third-order valence-corrected chi connectivity index (χ3v) is 7.86. The summed E-state index contributed by atoms with van der Waals surface area (Å²) in [5.41, 5.74) is 2.45. The van der Waals surface area contributed by atoms with E-state index in [2.05, 4.69) is 5.32 Å². The number of phenolic OH excluding ortho intramolecular Hbond substituents is 1. The van der Waals surface area contributed by atoms with Crippen LogP contribution in [0.2, 0.25) is 0 Å². The first kappa shape index (κ1) is 29.8. The molecule has 0 aliphatic carbocycles. The lowest BCUT2D eigenvalue weighted by molar-refractivity contribution is -0.157. The van der Waals surface area contributed by atoms with E-state index in [4.69, 9.17) is 0 Å². The molecule has 0 bridgehead atoms. The van der Waals surface area contributed by atoms with Crippen molar-refractivity contribution in [3.63, 3.8) is 0 Å². The quantitative estimate of drug-likeness (QED) is 0.418. The van der Waals surface area contributed by atoms with Crippen LogP contribution in [0.3, 0.4) is 0 Å². The van der Waals surface area contributed by atoms with E-state index in [0.717, 1.165) is 23.3 Å². The summed E-state index contributed by atoms with van der Waals surface area (Å²) in [6, 6.07) is 16.6. The van der Waals surface area contributed by atoms with Gasteiger partial charge in [-0.2, -0.15) is 5.01 Å². The number of aromatic hydroxyl groups is 1. The number of halogens is 2. The van der Waals surface area contributed by atoms with Gasteiger partial charge in [-0.1, -0.05) is 42.5 Å². The Kier molecular flexibility index (Phi) is 8.49. The van der Waals surface area contributed by atoms with Gasteiger partial charge in [-0.25, -0.2) is 13.6 Å². The van der Waals surface area contributed by atoms with Crippen LogP contribution in [0.25, 0.3) is 0 Å². The van der Waals surface area contributed by atoms with E-state index >= 15 is 0 Å². The number of carbonyl (C=O) groups excluding carboxylic acids is 3. The summed E-state index contributed by atoms with van der Waals surface area (Å²) < 4.78 is 28.5. The standard InChI is InChI=1S/C31H34F2N6O4/c1-35(2)26-15-25(33)24(32)14-22(26)17-37-18-28-38(36(3)31(43)34-16-21-7-5-4-6-8-21)19-29(41)39(28)27(30(37)42)13-20-9-11-23(40)12-10-20/h4-12,14-15,27-28,40H,13,16-19H2,1-3H3,(H,34,43)/t27-,28+/m0/s1. The number of carbonyl (C=O) groups is 3. The topological polar surface area (TPSA) is 99.7 Å². The van der Waals surface area contributed by atoms with Gasteiger partial charge in [0, 0.05) is 52.4 Å². The number of hydrogen-bond acceptors (Lipinski definition) is 6. The number of phenols is 1. The van der Waals surface area contributed by atoms with Crippen LogP contribution >= 0.6 is 0 Å². The highest BCUT2D eigenvalue weighted by atomic mass is 19.2. The zero-order valence-electron chi connectivity index (χ0n) is 24.2. The summed E-state index contributed by atoms with van der Waals surface area (Å²) in [5, 5.41) is 15.6. The van der Waals surface area contributed by atoms with Gasteiger partial charge in [0.25, 0.3) is 0 Å². The smallest absolute Gasteiger partial charge is 0.332 e. The van der Waals surface area contributed by atoms with Crippen molar-refractivity contribution in [1.29, 1.82) is 0 Å². The highest BCUT2D eigenvalue weighted by Crippen LogP contribution is 2.32. The predicted molar refractivity (Wildman–Crippen MR) is 155 cm³/mol. The third-order valence-electron chi connectivity index (χ3n) is 7.86. The molecule has 2 atom stereocenters. The van der Waals surface area contributed by atoms with Crippen molar-refractivity contribution in [3.8, 4) is 5.75 Å². The Balaban J connectivity index is 1.44. The van der Waals surface area contributed by atoms with Crippen LogP contribution in [0.5, 0.6) is 5.75 Å². The molecule has 0 radical (unpaired) electrons. The molecule has 2 aliphatic heterocycles. The Morgan fingerprint density at radius 3 is 2.33 bits per heavy atom. The van der Waals surface area contributed by atoms with Crippen molar-refractivity contribution in [3.05, 3.63) is 95.1 Å². The van der Waals surface area contributed by atoms with E-state index in [9.17, 15) is 28.3 Å². The summed E-state index contributed by atoms with van der Waals surface area (Å²) in [6.07, 6.45) is -0.526. The lowest BCUT2D eigenvalue weighted by Crippen LogP contribution is -2.65. The summed E-state index contributed by atoms with van der Waals surface area (Å²) in [5.74, 6) is -2.62. The fourth-order valence-electron chi connectivity index (χ4n) is 5.64. The molecule has 10 nitrogen and oxygen atoms in total. The number of hydrogen-bond donors (Lipinski definition) is 2. The highest BCUT2D eigenvalue weighted by Gasteiger charge is 2.51. The van der Waals surface area contributed by atoms with Gasteiger partial charge < -0.3 is 25.1 Å².